The molecule has 7 heteroatoms. The lowest BCUT2D eigenvalue weighted by Crippen LogP contribution is -2.50. The Morgan fingerprint density at radius 1 is 1.33 bits per heavy atom. The van der Waals surface area contributed by atoms with E-state index < -0.39 is 0 Å². The van der Waals surface area contributed by atoms with E-state index in [2.05, 4.69) is 0 Å². The van der Waals surface area contributed by atoms with Gasteiger partial charge in [0.25, 0.3) is 0 Å². The molecule has 2 N–H and O–H groups in total. The molecule has 4 rings (SSSR count). The van der Waals surface area contributed by atoms with Crippen LogP contribution < -0.4 is 15.2 Å². The number of hydrogen-bond donors (Lipinski definition) is 1. The van der Waals surface area contributed by atoms with Crippen molar-refractivity contribution in [2.75, 3.05) is 13.7 Å². The van der Waals surface area contributed by atoms with Crippen LogP contribution in [-0.4, -0.2) is 54.3 Å². The number of benzene rings is 1. The zero-order chi connectivity index (χ0) is 14.6. The fourth-order valence-corrected chi connectivity index (χ4v) is 3.46. The van der Waals surface area contributed by atoms with Crippen LogP contribution in [-0.2, 0) is 9.47 Å². The highest BCUT2D eigenvalue weighted by molar-refractivity contribution is 7.80. The third-order valence-corrected chi connectivity index (χ3v) is 4.41. The van der Waals surface area contributed by atoms with Gasteiger partial charge in [-0.05, 0) is 24.4 Å². The van der Waals surface area contributed by atoms with E-state index in [0.29, 0.717) is 11.7 Å². The first kappa shape index (κ1) is 13.1. The van der Waals surface area contributed by atoms with Gasteiger partial charge in [-0.3, -0.25) is 0 Å². The minimum Gasteiger partial charge on any atom is -0.487 e. The minimum absolute atomic E-state index is 0.0130. The molecule has 1 aromatic rings. The molecule has 0 aliphatic carbocycles. The third-order valence-electron chi connectivity index (χ3n) is 4.20. The minimum atomic E-state index is -0.369. The van der Waals surface area contributed by atoms with Gasteiger partial charge in [-0.15, -0.1) is 0 Å². The van der Waals surface area contributed by atoms with Crippen molar-refractivity contribution in [2.45, 2.75) is 30.6 Å². The fourth-order valence-electron chi connectivity index (χ4n) is 3.22. The fraction of sp³-hybridized carbons (Fsp3) is 0.500. The lowest BCUT2D eigenvalue weighted by atomic mass is 10.1. The quantitative estimate of drug-likeness (QED) is 0.598. The normalized spacial score (nSPS) is 36.2. The van der Waals surface area contributed by atoms with Gasteiger partial charge in [0.1, 0.15) is 18.8 Å². The summed E-state index contributed by atoms with van der Waals surface area (Å²) in [5.41, 5.74) is 5.79. The molecule has 0 amide bonds. The number of thiocarbonyl (C=S) groups is 1. The van der Waals surface area contributed by atoms with Crippen LogP contribution >= 0.6 is 12.2 Å². The molecule has 5 atom stereocenters. The Kier molecular flexibility index (Phi) is 2.95. The van der Waals surface area contributed by atoms with Gasteiger partial charge in [-0.2, -0.15) is 0 Å². The van der Waals surface area contributed by atoms with Crippen LogP contribution in [0.15, 0.2) is 24.3 Å². The molecule has 0 bridgehead atoms. The monoisotopic (exact) mass is 308 g/mol. The van der Waals surface area contributed by atoms with Crippen molar-refractivity contribution in [3.63, 3.8) is 0 Å². The van der Waals surface area contributed by atoms with Gasteiger partial charge >= 0.3 is 0 Å². The SMILES string of the molecule is CO[C@H]1O[C@H]2COc3ccccc3O[C@@H]2[C@H]2[C@@H]1N2C(N)=S. The van der Waals surface area contributed by atoms with Crippen LogP contribution in [0.1, 0.15) is 0 Å². The first-order valence-corrected chi connectivity index (χ1v) is 7.26. The van der Waals surface area contributed by atoms with Gasteiger partial charge < -0.3 is 29.6 Å². The molecular weight excluding hydrogens is 292 g/mol. The second kappa shape index (κ2) is 4.72. The van der Waals surface area contributed by atoms with Crippen molar-refractivity contribution in [1.82, 2.24) is 4.90 Å². The van der Waals surface area contributed by atoms with Crippen molar-refractivity contribution in [2.24, 2.45) is 5.73 Å². The summed E-state index contributed by atoms with van der Waals surface area (Å²) < 4.78 is 23.3. The Morgan fingerprint density at radius 2 is 2.10 bits per heavy atom. The molecule has 3 heterocycles. The molecule has 21 heavy (non-hydrogen) atoms. The summed E-state index contributed by atoms with van der Waals surface area (Å²) in [7, 11) is 1.62. The van der Waals surface area contributed by atoms with E-state index in [0.717, 1.165) is 11.5 Å². The predicted octanol–water partition coefficient (Wildman–Crippen LogP) is 0.494. The number of nitrogens with zero attached hydrogens (tertiary/aromatic N) is 1. The largest absolute Gasteiger partial charge is 0.487 e. The van der Waals surface area contributed by atoms with E-state index in [1.807, 2.05) is 29.2 Å². The Balaban J connectivity index is 1.65. The molecule has 0 saturated carbocycles. The van der Waals surface area contributed by atoms with E-state index in [9.17, 15) is 0 Å². The highest BCUT2D eigenvalue weighted by Crippen LogP contribution is 2.45. The number of fused-ring (bicyclic) bond motifs is 4. The molecule has 2 fully saturated rings. The van der Waals surface area contributed by atoms with Crippen LogP contribution in [0.4, 0.5) is 0 Å². The Morgan fingerprint density at radius 3 is 2.81 bits per heavy atom. The Hall–Kier alpha value is -1.57. The van der Waals surface area contributed by atoms with Gasteiger partial charge in [0, 0.05) is 7.11 Å². The lowest BCUT2D eigenvalue weighted by molar-refractivity contribution is -0.197. The van der Waals surface area contributed by atoms with Crippen LogP contribution in [0.3, 0.4) is 0 Å². The number of rotatable bonds is 1. The van der Waals surface area contributed by atoms with Gasteiger partial charge in [0.15, 0.2) is 29.0 Å². The first-order valence-electron chi connectivity index (χ1n) is 6.85. The molecule has 3 aliphatic rings. The highest BCUT2D eigenvalue weighted by atomic mass is 32.1. The summed E-state index contributed by atoms with van der Waals surface area (Å²) in [5, 5.41) is 0.346. The Bertz CT molecular complexity index is 584. The van der Waals surface area contributed by atoms with Gasteiger partial charge in [0.05, 0.1) is 6.04 Å². The summed E-state index contributed by atoms with van der Waals surface area (Å²) in [5.74, 6) is 1.45. The third kappa shape index (κ3) is 1.96. The summed E-state index contributed by atoms with van der Waals surface area (Å²) >= 11 is 5.11. The van der Waals surface area contributed by atoms with Crippen LogP contribution in [0.5, 0.6) is 11.5 Å². The summed E-state index contributed by atoms with van der Waals surface area (Å²) in [6.45, 7) is 0.413. The predicted molar refractivity (Wildman–Crippen MR) is 78.2 cm³/mol. The molecule has 0 spiro atoms. The van der Waals surface area contributed by atoms with Gasteiger partial charge in [-0.25, -0.2) is 0 Å². The van der Waals surface area contributed by atoms with E-state index in [-0.39, 0.29) is 30.6 Å². The molecule has 6 nitrogen and oxygen atoms in total. The van der Waals surface area contributed by atoms with Crippen LogP contribution in [0.25, 0.3) is 0 Å². The van der Waals surface area contributed by atoms with Crippen molar-refractivity contribution in [3.05, 3.63) is 24.3 Å². The highest BCUT2D eigenvalue weighted by Gasteiger charge is 2.65. The van der Waals surface area contributed by atoms with Gasteiger partial charge in [0.2, 0.25) is 0 Å². The average Bonchev–Trinajstić information content (AvgIpc) is 3.24. The Labute approximate surface area is 127 Å². The maximum absolute atomic E-state index is 6.13. The maximum atomic E-state index is 6.13. The molecular formula is C14H16N2O4S. The number of para-hydroxylation sites is 2. The molecule has 0 radical (unpaired) electrons. The van der Waals surface area contributed by atoms with Crippen LogP contribution in [0, 0.1) is 0 Å². The lowest BCUT2D eigenvalue weighted by Gasteiger charge is -2.31. The topological polar surface area (TPSA) is 66.0 Å². The maximum Gasteiger partial charge on any atom is 0.180 e. The standard InChI is InChI=1S/C14H16N2O4S/c1-17-13-11-10(16(11)14(15)21)12-9(20-13)6-18-7-4-2-3-5-8(7)19-12/h2-5,9-13H,6H2,1H3,(H2,15,21)/t9-,10+,11-,12-,13-,16?/m0/s1. The van der Waals surface area contributed by atoms with Crippen molar-refractivity contribution in [1.29, 1.82) is 0 Å². The van der Waals surface area contributed by atoms with Crippen molar-refractivity contribution >= 4 is 17.3 Å². The summed E-state index contributed by atoms with van der Waals surface area (Å²) in [6, 6.07) is 7.69. The average molecular weight is 308 g/mol. The van der Waals surface area contributed by atoms with E-state index >= 15 is 0 Å². The van der Waals surface area contributed by atoms with E-state index in [1.54, 1.807) is 7.11 Å². The number of hydrogen-bond acceptors (Lipinski definition) is 5. The number of methoxy groups -OCH3 is 1. The summed E-state index contributed by atoms with van der Waals surface area (Å²) in [6.07, 6.45) is -0.763. The van der Waals surface area contributed by atoms with E-state index in [1.165, 1.54) is 0 Å². The summed E-state index contributed by atoms with van der Waals surface area (Å²) in [4.78, 5) is 1.92. The first-order chi connectivity index (χ1) is 10.2. The number of ether oxygens (including phenoxy) is 4. The molecule has 3 aliphatic heterocycles. The zero-order valence-corrected chi connectivity index (χ0v) is 12.3. The molecule has 2 saturated heterocycles. The molecule has 112 valence electrons. The smallest absolute Gasteiger partial charge is 0.180 e. The van der Waals surface area contributed by atoms with Gasteiger partial charge in [-0.1, -0.05) is 12.1 Å². The number of nitrogens with two attached hydrogens (primary N) is 1. The van der Waals surface area contributed by atoms with Crippen molar-refractivity contribution < 1.29 is 18.9 Å². The molecule has 0 aromatic heterocycles. The van der Waals surface area contributed by atoms with Crippen LogP contribution in [0.2, 0.25) is 0 Å². The second-order valence-corrected chi connectivity index (χ2v) is 5.76. The second-order valence-electron chi connectivity index (χ2n) is 5.35. The molecule has 1 aromatic carbocycles. The molecule has 0 unspecified atom stereocenters. The van der Waals surface area contributed by atoms with E-state index in [4.69, 9.17) is 36.9 Å². The van der Waals surface area contributed by atoms with Crippen molar-refractivity contribution in [3.8, 4) is 11.5 Å². The zero-order valence-electron chi connectivity index (χ0n) is 11.5.